The third kappa shape index (κ3) is 6.81. The number of hydrogen-bond acceptors (Lipinski definition) is 6. The van der Waals surface area contributed by atoms with E-state index >= 15 is 0 Å². The van der Waals surface area contributed by atoms with E-state index in [2.05, 4.69) is 14.9 Å². The van der Waals surface area contributed by atoms with Crippen LogP contribution >= 0.6 is 0 Å². The molecular weight excluding hydrogens is 490 g/mol. The van der Waals surface area contributed by atoms with Crippen molar-refractivity contribution >= 4 is 21.6 Å². The van der Waals surface area contributed by atoms with E-state index in [-0.39, 0.29) is 22.4 Å². The molecule has 196 valence electrons. The lowest BCUT2D eigenvalue weighted by molar-refractivity contribution is 0.0924. The highest BCUT2D eigenvalue weighted by Crippen LogP contribution is 2.26. The third-order valence-electron chi connectivity index (χ3n) is 6.54. The number of nitrogens with zero attached hydrogens (tertiary/aromatic N) is 1. The number of carbonyl (C=O) groups excluding carboxylic acids is 1. The Balaban J connectivity index is 1.47. The van der Waals surface area contributed by atoms with Gasteiger partial charge in [0.05, 0.1) is 25.2 Å². The molecule has 4 rings (SSSR count). The van der Waals surface area contributed by atoms with Gasteiger partial charge in [-0.15, -0.1) is 0 Å². The fourth-order valence-electron chi connectivity index (χ4n) is 4.48. The monoisotopic (exact) mass is 523 g/mol. The first-order valence-electron chi connectivity index (χ1n) is 12.3. The SMILES string of the molecule is COc1ccc(NS(=O)(=O)c2cccc(C(=O)NC[C@H](c3ccc(OC)cc3)N3CCCCC3)c2)cc1. The lowest BCUT2D eigenvalue weighted by Crippen LogP contribution is -2.40. The molecule has 0 aliphatic carbocycles. The van der Waals surface area contributed by atoms with Crippen molar-refractivity contribution in [1.82, 2.24) is 10.2 Å². The zero-order valence-electron chi connectivity index (χ0n) is 21.1. The lowest BCUT2D eigenvalue weighted by atomic mass is 10.0. The van der Waals surface area contributed by atoms with E-state index < -0.39 is 10.0 Å². The van der Waals surface area contributed by atoms with E-state index in [4.69, 9.17) is 9.47 Å². The van der Waals surface area contributed by atoms with E-state index in [1.807, 2.05) is 24.3 Å². The van der Waals surface area contributed by atoms with Crippen LogP contribution < -0.4 is 19.5 Å². The third-order valence-corrected chi connectivity index (χ3v) is 7.92. The normalized spacial score (nSPS) is 15.0. The van der Waals surface area contributed by atoms with Crippen molar-refractivity contribution in [2.75, 3.05) is 38.6 Å². The molecule has 0 saturated carbocycles. The van der Waals surface area contributed by atoms with Crippen LogP contribution in [0, 0.1) is 0 Å². The van der Waals surface area contributed by atoms with Gasteiger partial charge in [0.2, 0.25) is 0 Å². The number of sulfonamides is 1. The van der Waals surface area contributed by atoms with Crippen molar-refractivity contribution in [1.29, 1.82) is 0 Å². The van der Waals surface area contributed by atoms with Gasteiger partial charge in [-0.3, -0.25) is 14.4 Å². The van der Waals surface area contributed by atoms with E-state index in [0.29, 0.717) is 18.0 Å². The van der Waals surface area contributed by atoms with Crippen LogP contribution in [0.5, 0.6) is 11.5 Å². The zero-order chi connectivity index (χ0) is 26.3. The highest BCUT2D eigenvalue weighted by atomic mass is 32.2. The summed E-state index contributed by atoms with van der Waals surface area (Å²) in [6.07, 6.45) is 3.47. The molecule has 0 bridgehead atoms. The Labute approximate surface area is 218 Å². The van der Waals surface area contributed by atoms with E-state index in [0.717, 1.165) is 37.2 Å². The van der Waals surface area contributed by atoms with Gasteiger partial charge in [0.1, 0.15) is 11.5 Å². The molecule has 1 aliphatic heterocycles. The highest BCUT2D eigenvalue weighted by Gasteiger charge is 2.24. The molecule has 9 heteroatoms. The molecule has 1 saturated heterocycles. The molecule has 1 atom stereocenters. The number of rotatable bonds is 10. The Morgan fingerprint density at radius 1 is 0.892 bits per heavy atom. The smallest absolute Gasteiger partial charge is 0.261 e. The van der Waals surface area contributed by atoms with Crippen LogP contribution in [0.4, 0.5) is 5.69 Å². The van der Waals surface area contributed by atoms with Crippen LogP contribution in [0.3, 0.4) is 0 Å². The maximum absolute atomic E-state index is 13.1. The standard InChI is InChI=1S/C28H33N3O5S/c1-35-24-13-9-21(10-14-24)27(31-17-4-3-5-18-31)20-29-28(32)22-7-6-8-26(19-22)37(33,34)30-23-11-15-25(36-2)16-12-23/h6-16,19,27,30H,3-5,17-18,20H2,1-2H3,(H,29,32)/t27-/m1/s1. The van der Waals surface area contributed by atoms with Crippen LogP contribution in [0.25, 0.3) is 0 Å². The van der Waals surface area contributed by atoms with Gasteiger partial charge in [-0.25, -0.2) is 8.42 Å². The average Bonchev–Trinajstić information content (AvgIpc) is 2.94. The Kier molecular flexibility index (Phi) is 8.68. The molecule has 2 N–H and O–H groups in total. The van der Waals surface area contributed by atoms with Gasteiger partial charge in [-0.05, 0) is 86.1 Å². The summed E-state index contributed by atoms with van der Waals surface area (Å²) in [5, 5.41) is 3.02. The van der Waals surface area contributed by atoms with E-state index in [9.17, 15) is 13.2 Å². The molecule has 0 radical (unpaired) electrons. The summed E-state index contributed by atoms with van der Waals surface area (Å²) < 4.78 is 38.9. The predicted octanol–water partition coefficient (Wildman–Crippen LogP) is 4.46. The van der Waals surface area contributed by atoms with Crippen molar-refractivity contribution in [2.24, 2.45) is 0 Å². The molecule has 1 heterocycles. The summed E-state index contributed by atoms with van der Waals surface area (Å²) in [4.78, 5) is 15.5. The molecular formula is C28H33N3O5S. The molecule has 1 aliphatic rings. The molecule has 0 unspecified atom stereocenters. The maximum Gasteiger partial charge on any atom is 0.261 e. The summed E-state index contributed by atoms with van der Waals surface area (Å²) in [7, 11) is -0.698. The van der Waals surface area contributed by atoms with Crippen molar-refractivity contribution in [3.05, 3.63) is 83.9 Å². The van der Waals surface area contributed by atoms with E-state index in [1.165, 1.54) is 18.6 Å². The fourth-order valence-corrected chi connectivity index (χ4v) is 5.59. The van der Waals surface area contributed by atoms with Gasteiger partial charge in [-0.1, -0.05) is 24.6 Å². The van der Waals surface area contributed by atoms with Crippen LogP contribution in [0.2, 0.25) is 0 Å². The van der Waals surface area contributed by atoms with Crippen LogP contribution in [0.15, 0.2) is 77.7 Å². The summed E-state index contributed by atoms with van der Waals surface area (Å²) in [6, 6.07) is 20.6. The van der Waals surface area contributed by atoms with Gasteiger partial charge in [0.15, 0.2) is 0 Å². The van der Waals surface area contributed by atoms with Gasteiger partial charge >= 0.3 is 0 Å². The number of piperidine rings is 1. The minimum Gasteiger partial charge on any atom is -0.497 e. The largest absolute Gasteiger partial charge is 0.497 e. The van der Waals surface area contributed by atoms with Crippen molar-refractivity contribution in [3.63, 3.8) is 0 Å². The molecule has 3 aromatic rings. The second-order valence-electron chi connectivity index (χ2n) is 8.96. The molecule has 1 amide bonds. The average molecular weight is 524 g/mol. The number of hydrogen-bond donors (Lipinski definition) is 2. The number of anilines is 1. The first-order chi connectivity index (χ1) is 17.9. The number of ether oxygens (including phenoxy) is 2. The number of benzene rings is 3. The second-order valence-corrected chi connectivity index (χ2v) is 10.6. The van der Waals surface area contributed by atoms with Gasteiger partial charge in [-0.2, -0.15) is 0 Å². The molecule has 0 aromatic heterocycles. The number of methoxy groups -OCH3 is 2. The fraction of sp³-hybridized carbons (Fsp3) is 0.321. The minimum atomic E-state index is -3.88. The van der Waals surface area contributed by atoms with E-state index in [1.54, 1.807) is 50.6 Å². The van der Waals surface area contributed by atoms with Crippen molar-refractivity contribution in [3.8, 4) is 11.5 Å². The maximum atomic E-state index is 13.1. The summed E-state index contributed by atoms with van der Waals surface area (Å²) in [5.41, 5.74) is 1.78. The Bertz CT molecular complexity index is 1290. The topological polar surface area (TPSA) is 97.0 Å². The zero-order valence-corrected chi connectivity index (χ0v) is 22.0. The molecule has 37 heavy (non-hydrogen) atoms. The number of likely N-dealkylation sites (tertiary alicyclic amines) is 1. The molecule has 3 aromatic carbocycles. The lowest BCUT2D eigenvalue weighted by Gasteiger charge is -2.35. The molecule has 1 fully saturated rings. The Hall–Kier alpha value is -3.56. The molecule has 8 nitrogen and oxygen atoms in total. The summed E-state index contributed by atoms with van der Waals surface area (Å²) in [5.74, 6) is 1.09. The Morgan fingerprint density at radius 3 is 2.14 bits per heavy atom. The highest BCUT2D eigenvalue weighted by molar-refractivity contribution is 7.92. The summed E-state index contributed by atoms with van der Waals surface area (Å²) >= 11 is 0. The summed E-state index contributed by atoms with van der Waals surface area (Å²) in [6.45, 7) is 2.35. The minimum absolute atomic E-state index is 0.0127. The predicted molar refractivity (Wildman–Crippen MR) is 144 cm³/mol. The van der Waals surface area contributed by atoms with Gasteiger partial charge < -0.3 is 14.8 Å². The Morgan fingerprint density at radius 2 is 1.51 bits per heavy atom. The van der Waals surface area contributed by atoms with Crippen LogP contribution in [-0.4, -0.2) is 53.1 Å². The number of carbonyl (C=O) groups is 1. The quantitative estimate of drug-likeness (QED) is 0.407. The van der Waals surface area contributed by atoms with Gasteiger partial charge in [0, 0.05) is 17.8 Å². The van der Waals surface area contributed by atoms with Crippen LogP contribution in [-0.2, 0) is 10.0 Å². The van der Waals surface area contributed by atoms with Crippen molar-refractivity contribution < 1.29 is 22.7 Å². The number of amides is 1. The molecule has 0 spiro atoms. The van der Waals surface area contributed by atoms with Crippen molar-refractivity contribution in [2.45, 2.75) is 30.2 Å². The first kappa shape index (κ1) is 26.5. The first-order valence-corrected chi connectivity index (χ1v) is 13.8. The number of nitrogens with one attached hydrogen (secondary N) is 2. The second kappa shape index (κ2) is 12.1. The van der Waals surface area contributed by atoms with Crippen LogP contribution in [0.1, 0.15) is 41.2 Å². The van der Waals surface area contributed by atoms with Gasteiger partial charge in [0.25, 0.3) is 15.9 Å².